The van der Waals surface area contributed by atoms with Crippen LogP contribution in [0.3, 0.4) is 0 Å². The molecule has 4 rings (SSSR count). The van der Waals surface area contributed by atoms with Gasteiger partial charge >= 0.3 is 0 Å². The minimum atomic E-state index is -0.165. The summed E-state index contributed by atoms with van der Waals surface area (Å²) in [6, 6.07) is 11.2. The van der Waals surface area contributed by atoms with Crippen LogP contribution in [0.25, 0.3) is 10.9 Å². The van der Waals surface area contributed by atoms with Gasteiger partial charge in [-0.2, -0.15) is 0 Å². The Morgan fingerprint density at radius 3 is 2.86 bits per heavy atom. The monoisotopic (exact) mass is 377 g/mol. The first-order valence-corrected chi connectivity index (χ1v) is 9.54. The lowest BCUT2D eigenvalue weighted by Gasteiger charge is -2.25. The number of carbonyl (C=O) groups is 1. The van der Waals surface area contributed by atoms with Crippen molar-refractivity contribution in [2.24, 2.45) is 0 Å². The molecule has 6 heteroatoms. The molecule has 3 aromatic rings. The summed E-state index contributed by atoms with van der Waals surface area (Å²) in [7, 11) is 0. The van der Waals surface area contributed by atoms with Gasteiger partial charge in [0.05, 0.1) is 18.2 Å². The summed E-state index contributed by atoms with van der Waals surface area (Å²) >= 11 is 0. The molecule has 6 nitrogen and oxygen atoms in total. The molecule has 1 saturated heterocycles. The topological polar surface area (TPSA) is 75.3 Å². The molecule has 0 spiro atoms. The number of hydrogen-bond acceptors (Lipinski definition) is 4. The number of H-pyrrole nitrogens is 1. The smallest absolute Gasteiger partial charge is 0.254 e. The summed E-state index contributed by atoms with van der Waals surface area (Å²) < 4.78 is 5.73. The Labute approximate surface area is 163 Å². The number of pyridine rings is 2. The van der Waals surface area contributed by atoms with E-state index in [0.29, 0.717) is 17.7 Å². The number of hydrogen-bond donors (Lipinski definition) is 1. The highest BCUT2D eigenvalue weighted by Crippen LogP contribution is 2.19. The van der Waals surface area contributed by atoms with Gasteiger partial charge in [-0.15, -0.1) is 0 Å². The molecular formula is C22H23N3O3. The molecule has 1 aromatic carbocycles. The quantitative estimate of drug-likeness (QED) is 0.742. The number of nitrogens with zero attached hydrogens (tertiary/aromatic N) is 2. The zero-order valence-corrected chi connectivity index (χ0v) is 15.9. The van der Waals surface area contributed by atoms with Gasteiger partial charge in [0.15, 0.2) is 0 Å². The van der Waals surface area contributed by atoms with Crippen LogP contribution in [0.4, 0.5) is 0 Å². The van der Waals surface area contributed by atoms with Crippen molar-refractivity contribution < 1.29 is 9.53 Å². The standard InChI is InChI=1S/C22H23N3O3/c1-15-4-2-5-17-12-18(21(26)24-20(15)17)13-25(14-19-6-3-11-28-19)22(27)16-7-9-23-10-8-16/h2,4-5,7-10,12,19H,3,6,11,13-14H2,1H3,(H,24,26)/t19-/m0/s1. The highest BCUT2D eigenvalue weighted by molar-refractivity contribution is 5.94. The van der Waals surface area contributed by atoms with E-state index >= 15 is 0 Å². The molecule has 3 heterocycles. The molecule has 1 atom stereocenters. The van der Waals surface area contributed by atoms with E-state index in [-0.39, 0.29) is 24.1 Å². The highest BCUT2D eigenvalue weighted by Gasteiger charge is 2.24. The van der Waals surface area contributed by atoms with Crippen LogP contribution >= 0.6 is 0 Å². The molecule has 2 aromatic heterocycles. The molecule has 0 unspecified atom stereocenters. The summed E-state index contributed by atoms with van der Waals surface area (Å²) in [6.45, 7) is 3.39. The fraction of sp³-hybridized carbons (Fsp3) is 0.318. The number of rotatable bonds is 5. The Morgan fingerprint density at radius 2 is 2.11 bits per heavy atom. The molecule has 0 bridgehead atoms. The van der Waals surface area contributed by atoms with Crippen molar-refractivity contribution in [3.05, 3.63) is 75.8 Å². The van der Waals surface area contributed by atoms with Crippen LogP contribution in [-0.2, 0) is 11.3 Å². The Kier molecular flexibility index (Phi) is 5.21. The average Bonchev–Trinajstić information content (AvgIpc) is 3.22. The lowest BCUT2D eigenvalue weighted by Crippen LogP contribution is -2.38. The number of aromatic nitrogens is 2. The summed E-state index contributed by atoms with van der Waals surface area (Å²) in [4.78, 5) is 34.4. The van der Waals surface area contributed by atoms with Gasteiger partial charge in [0, 0.05) is 36.7 Å². The summed E-state index contributed by atoms with van der Waals surface area (Å²) in [5.74, 6) is -0.123. The average molecular weight is 377 g/mol. The molecule has 1 amide bonds. The number of fused-ring (bicyclic) bond motifs is 1. The van der Waals surface area contributed by atoms with E-state index in [1.165, 1.54) is 0 Å². The van der Waals surface area contributed by atoms with Gasteiger partial charge in [-0.1, -0.05) is 18.2 Å². The van der Waals surface area contributed by atoms with Crippen molar-refractivity contribution in [1.29, 1.82) is 0 Å². The maximum Gasteiger partial charge on any atom is 0.254 e. The Morgan fingerprint density at radius 1 is 1.29 bits per heavy atom. The maximum atomic E-state index is 13.1. The molecule has 1 aliphatic heterocycles. The van der Waals surface area contributed by atoms with Crippen LogP contribution in [0.1, 0.15) is 34.3 Å². The predicted molar refractivity (Wildman–Crippen MR) is 107 cm³/mol. The van der Waals surface area contributed by atoms with Crippen molar-refractivity contribution in [1.82, 2.24) is 14.9 Å². The second kappa shape index (κ2) is 7.94. The van der Waals surface area contributed by atoms with Gasteiger partial charge in [0.2, 0.25) is 0 Å². The molecular weight excluding hydrogens is 354 g/mol. The fourth-order valence-corrected chi connectivity index (χ4v) is 3.68. The number of ether oxygens (including phenoxy) is 1. The van der Waals surface area contributed by atoms with E-state index in [1.807, 2.05) is 31.2 Å². The van der Waals surface area contributed by atoms with Gasteiger partial charge in [0.1, 0.15) is 0 Å². The third-order valence-electron chi connectivity index (χ3n) is 5.19. The lowest BCUT2D eigenvalue weighted by molar-refractivity contribution is 0.0506. The number of carbonyl (C=O) groups excluding carboxylic acids is 1. The Balaban J connectivity index is 1.67. The number of amides is 1. The normalized spacial score (nSPS) is 16.4. The van der Waals surface area contributed by atoms with Gasteiger partial charge in [-0.05, 0) is 48.9 Å². The van der Waals surface area contributed by atoms with Crippen molar-refractivity contribution >= 4 is 16.8 Å². The zero-order chi connectivity index (χ0) is 19.5. The number of aromatic amines is 1. The molecule has 144 valence electrons. The van der Waals surface area contributed by atoms with Gasteiger partial charge in [-0.3, -0.25) is 14.6 Å². The summed E-state index contributed by atoms with van der Waals surface area (Å²) in [5, 5.41) is 0.961. The van der Waals surface area contributed by atoms with E-state index < -0.39 is 0 Å². The van der Waals surface area contributed by atoms with Gasteiger partial charge < -0.3 is 14.6 Å². The number of nitrogens with one attached hydrogen (secondary N) is 1. The highest BCUT2D eigenvalue weighted by atomic mass is 16.5. The van der Waals surface area contributed by atoms with E-state index in [1.54, 1.807) is 29.4 Å². The van der Waals surface area contributed by atoms with Crippen LogP contribution in [0.5, 0.6) is 0 Å². The Bertz CT molecular complexity index is 1040. The second-order valence-corrected chi connectivity index (χ2v) is 7.22. The van der Waals surface area contributed by atoms with Crippen molar-refractivity contribution in [3.8, 4) is 0 Å². The first kappa shape index (κ1) is 18.4. The molecule has 1 aliphatic rings. The number of aryl methyl sites for hydroxylation is 1. The third kappa shape index (κ3) is 3.82. The van der Waals surface area contributed by atoms with Crippen LogP contribution in [-0.4, -0.2) is 40.0 Å². The molecule has 0 saturated carbocycles. The summed E-state index contributed by atoms with van der Waals surface area (Å²) in [5.41, 5.74) is 2.81. The van der Waals surface area contributed by atoms with Crippen molar-refractivity contribution in [2.75, 3.05) is 13.2 Å². The van der Waals surface area contributed by atoms with E-state index in [0.717, 1.165) is 35.9 Å². The Hall–Kier alpha value is -2.99. The fourth-order valence-electron chi connectivity index (χ4n) is 3.68. The SMILES string of the molecule is Cc1cccc2cc(CN(C[C@@H]3CCCO3)C(=O)c3ccncc3)c(=O)[nH]c12. The molecule has 1 fully saturated rings. The van der Waals surface area contributed by atoms with Crippen LogP contribution < -0.4 is 5.56 Å². The number of para-hydroxylation sites is 1. The maximum absolute atomic E-state index is 13.1. The van der Waals surface area contributed by atoms with Crippen molar-refractivity contribution in [2.45, 2.75) is 32.4 Å². The van der Waals surface area contributed by atoms with Crippen LogP contribution in [0.2, 0.25) is 0 Å². The second-order valence-electron chi connectivity index (χ2n) is 7.22. The zero-order valence-electron chi connectivity index (χ0n) is 15.9. The molecule has 1 N–H and O–H groups in total. The lowest BCUT2D eigenvalue weighted by atomic mass is 10.1. The molecule has 0 radical (unpaired) electrons. The van der Waals surface area contributed by atoms with Crippen LogP contribution in [0.15, 0.2) is 53.6 Å². The van der Waals surface area contributed by atoms with E-state index in [9.17, 15) is 9.59 Å². The number of benzene rings is 1. The molecule has 0 aliphatic carbocycles. The van der Waals surface area contributed by atoms with Crippen LogP contribution in [0, 0.1) is 6.92 Å². The largest absolute Gasteiger partial charge is 0.376 e. The minimum absolute atomic E-state index is 0.00701. The first-order chi connectivity index (χ1) is 13.6. The van der Waals surface area contributed by atoms with E-state index in [2.05, 4.69) is 9.97 Å². The summed E-state index contributed by atoms with van der Waals surface area (Å²) in [6.07, 6.45) is 5.13. The van der Waals surface area contributed by atoms with Gasteiger partial charge in [0.25, 0.3) is 11.5 Å². The predicted octanol–water partition coefficient (Wildman–Crippen LogP) is 3.05. The van der Waals surface area contributed by atoms with Gasteiger partial charge in [-0.25, -0.2) is 0 Å². The van der Waals surface area contributed by atoms with Crippen molar-refractivity contribution in [3.63, 3.8) is 0 Å². The molecule has 28 heavy (non-hydrogen) atoms. The van der Waals surface area contributed by atoms with E-state index in [4.69, 9.17) is 4.74 Å². The third-order valence-corrected chi connectivity index (χ3v) is 5.19. The first-order valence-electron chi connectivity index (χ1n) is 9.54. The minimum Gasteiger partial charge on any atom is -0.376 e.